The molecular weight excluding hydrogens is 384 g/mol. The number of benzene rings is 1. The Morgan fingerprint density at radius 2 is 1.89 bits per heavy atom. The molecule has 0 aliphatic heterocycles. The molecule has 100 valence electrons. The van der Waals surface area contributed by atoms with Gasteiger partial charge in [0.2, 0.25) is 0 Å². The Morgan fingerprint density at radius 1 is 1.21 bits per heavy atom. The topological polar surface area (TPSA) is 50.9 Å². The molecular formula is C12H9Br2F2N3. The number of nitrogens with one attached hydrogen (secondary N) is 1. The number of aromatic nitrogens is 1. The van der Waals surface area contributed by atoms with Gasteiger partial charge in [-0.2, -0.15) is 0 Å². The molecule has 0 spiro atoms. The first-order chi connectivity index (χ1) is 8.90. The second kappa shape index (κ2) is 5.42. The van der Waals surface area contributed by atoms with E-state index in [2.05, 4.69) is 42.2 Å². The zero-order chi connectivity index (χ0) is 14.2. The molecule has 0 unspecified atom stereocenters. The number of anilines is 3. The smallest absolute Gasteiger partial charge is 0.149 e. The van der Waals surface area contributed by atoms with Gasteiger partial charge in [-0.25, -0.2) is 13.8 Å². The summed E-state index contributed by atoms with van der Waals surface area (Å²) in [5.74, 6) is -0.962. The van der Waals surface area contributed by atoms with Gasteiger partial charge in [-0.1, -0.05) is 0 Å². The van der Waals surface area contributed by atoms with Crippen LogP contribution in [0.2, 0.25) is 0 Å². The summed E-state index contributed by atoms with van der Waals surface area (Å²) < 4.78 is 27.6. The van der Waals surface area contributed by atoms with Gasteiger partial charge in [0.25, 0.3) is 0 Å². The Balaban J connectivity index is 2.42. The lowest BCUT2D eigenvalue weighted by Gasteiger charge is -2.12. The second-order valence-corrected chi connectivity index (χ2v) is 5.52. The minimum Gasteiger partial charge on any atom is -0.397 e. The van der Waals surface area contributed by atoms with Crippen molar-refractivity contribution in [3.63, 3.8) is 0 Å². The maximum Gasteiger partial charge on any atom is 0.149 e. The van der Waals surface area contributed by atoms with Crippen molar-refractivity contribution in [2.75, 3.05) is 11.1 Å². The van der Waals surface area contributed by atoms with E-state index >= 15 is 0 Å². The van der Waals surface area contributed by atoms with Crippen LogP contribution in [0.25, 0.3) is 0 Å². The summed E-state index contributed by atoms with van der Waals surface area (Å²) in [6, 6.07) is 2.11. The highest BCUT2D eigenvalue weighted by Gasteiger charge is 2.12. The van der Waals surface area contributed by atoms with E-state index < -0.39 is 11.6 Å². The van der Waals surface area contributed by atoms with Crippen molar-refractivity contribution in [1.82, 2.24) is 4.98 Å². The molecule has 0 aliphatic rings. The van der Waals surface area contributed by atoms with Crippen LogP contribution in [-0.2, 0) is 0 Å². The number of nitrogens with zero attached hydrogens (tertiary/aromatic N) is 1. The summed E-state index contributed by atoms with van der Waals surface area (Å²) in [5.41, 5.74) is 7.14. The van der Waals surface area contributed by atoms with E-state index in [1.54, 1.807) is 0 Å². The van der Waals surface area contributed by atoms with Gasteiger partial charge in [0.15, 0.2) is 0 Å². The standard InChI is InChI=1S/C12H9Br2F2N3/c1-5-9(17)4-18-12(11(5)14)19-10-2-6(13)7(15)3-8(10)16/h2-4H,17H2,1H3,(H,18,19). The fraction of sp³-hybridized carbons (Fsp3) is 0.0833. The zero-order valence-electron chi connectivity index (χ0n) is 9.77. The number of rotatable bonds is 2. The maximum atomic E-state index is 13.6. The molecule has 1 heterocycles. The third kappa shape index (κ3) is 2.87. The predicted molar refractivity (Wildman–Crippen MR) is 78.4 cm³/mol. The van der Waals surface area contributed by atoms with Crippen LogP contribution < -0.4 is 11.1 Å². The maximum absolute atomic E-state index is 13.6. The van der Waals surface area contributed by atoms with Gasteiger partial charge >= 0.3 is 0 Å². The van der Waals surface area contributed by atoms with Crippen LogP contribution in [0.3, 0.4) is 0 Å². The van der Waals surface area contributed by atoms with E-state index in [1.807, 2.05) is 6.92 Å². The second-order valence-electron chi connectivity index (χ2n) is 3.87. The first-order valence-corrected chi connectivity index (χ1v) is 6.81. The highest BCUT2D eigenvalue weighted by Crippen LogP contribution is 2.32. The molecule has 0 saturated carbocycles. The molecule has 2 rings (SSSR count). The van der Waals surface area contributed by atoms with Gasteiger partial charge in [0, 0.05) is 6.07 Å². The van der Waals surface area contributed by atoms with E-state index in [0.717, 1.165) is 11.6 Å². The van der Waals surface area contributed by atoms with Crippen molar-refractivity contribution in [2.45, 2.75) is 6.92 Å². The lowest BCUT2D eigenvalue weighted by molar-refractivity contribution is 0.581. The molecule has 0 saturated heterocycles. The first kappa shape index (κ1) is 14.2. The third-order valence-electron chi connectivity index (χ3n) is 2.57. The summed E-state index contributed by atoms with van der Waals surface area (Å²) in [4.78, 5) is 4.07. The van der Waals surface area contributed by atoms with Crippen molar-refractivity contribution in [2.24, 2.45) is 0 Å². The number of hydrogen-bond acceptors (Lipinski definition) is 3. The van der Waals surface area contributed by atoms with Crippen molar-refractivity contribution < 1.29 is 8.78 Å². The quantitative estimate of drug-likeness (QED) is 0.738. The molecule has 0 bridgehead atoms. The van der Waals surface area contributed by atoms with Gasteiger partial charge < -0.3 is 11.1 Å². The molecule has 7 heteroatoms. The normalized spacial score (nSPS) is 10.6. The van der Waals surface area contributed by atoms with Gasteiger partial charge in [0.05, 0.1) is 26.5 Å². The van der Waals surface area contributed by atoms with Crippen LogP contribution in [-0.4, -0.2) is 4.98 Å². The molecule has 1 aromatic carbocycles. The molecule has 1 aromatic heterocycles. The fourth-order valence-corrected chi connectivity index (χ4v) is 2.20. The monoisotopic (exact) mass is 391 g/mol. The van der Waals surface area contributed by atoms with Gasteiger partial charge in [-0.3, -0.25) is 0 Å². The van der Waals surface area contributed by atoms with E-state index in [1.165, 1.54) is 12.3 Å². The largest absolute Gasteiger partial charge is 0.397 e. The van der Waals surface area contributed by atoms with Gasteiger partial charge in [0.1, 0.15) is 17.5 Å². The SMILES string of the molecule is Cc1c(N)cnc(Nc2cc(Br)c(F)cc2F)c1Br. The van der Waals surface area contributed by atoms with E-state index in [-0.39, 0.29) is 10.2 Å². The predicted octanol–water partition coefficient (Wildman–Crippen LogP) is 4.52. The molecule has 0 amide bonds. The van der Waals surface area contributed by atoms with Crippen LogP contribution in [0.4, 0.5) is 26.0 Å². The summed E-state index contributed by atoms with van der Waals surface area (Å²) in [6.45, 7) is 1.81. The Bertz CT molecular complexity index is 647. The van der Waals surface area contributed by atoms with Gasteiger partial charge in [-0.15, -0.1) is 0 Å². The Morgan fingerprint density at radius 3 is 2.58 bits per heavy atom. The Hall–Kier alpha value is -1.21. The summed E-state index contributed by atoms with van der Waals surface area (Å²) in [6.07, 6.45) is 1.47. The highest BCUT2D eigenvalue weighted by atomic mass is 79.9. The van der Waals surface area contributed by atoms with E-state index in [0.29, 0.717) is 16.0 Å². The number of pyridine rings is 1. The molecule has 0 atom stereocenters. The lowest BCUT2D eigenvalue weighted by Crippen LogP contribution is -2.01. The minimum absolute atomic E-state index is 0.116. The van der Waals surface area contributed by atoms with Crippen molar-refractivity contribution in [3.8, 4) is 0 Å². The lowest BCUT2D eigenvalue weighted by atomic mass is 10.2. The molecule has 3 nitrogen and oxygen atoms in total. The Labute approximate surface area is 125 Å². The molecule has 2 aromatic rings. The zero-order valence-corrected chi connectivity index (χ0v) is 12.9. The fourth-order valence-electron chi connectivity index (χ4n) is 1.42. The number of hydrogen-bond donors (Lipinski definition) is 2. The number of nitrogen functional groups attached to an aromatic ring is 1. The summed E-state index contributed by atoms with van der Waals surface area (Å²) >= 11 is 6.34. The van der Waals surface area contributed by atoms with Crippen molar-refractivity contribution in [1.29, 1.82) is 0 Å². The molecule has 0 aliphatic carbocycles. The highest BCUT2D eigenvalue weighted by molar-refractivity contribution is 9.11. The Kier molecular flexibility index (Phi) is 4.05. The molecule has 0 radical (unpaired) electrons. The average molecular weight is 393 g/mol. The van der Waals surface area contributed by atoms with Gasteiger partial charge in [-0.05, 0) is 50.4 Å². The average Bonchev–Trinajstić information content (AvgIpc) is 2.36. The molecule has 19 heavy (non-hydrogen) atoms. The first-order valence-electron chi connectivity index (χ1n) is 5.22. The van der Waals surface area contributed by atoms with Crippen LogP contribution in [0.1, 0.15) is 5.56 Å². The van der Waals surface area contributed by atoms with E-state index in [4.69, 9.17) is 5.73 Å². The summed E-state index contributed by atoms with van der Waals surface area (Å²) in [7, 11) is 0. The van der Waals surface area contributed by atoms with E-state index in [9.17, 15) is 8.78 Å². The van der Waals surface area contributed by atoms with Crippen molar-refractivity contribution in [3.05, 3.63) is 44.5 Å². The van der Waals surface area contributed by atoms with Crippen LogP contribution in [0, 0.1) is 18.6 Å². The van der Waals surface area contributed by atoms with Crippen LogP contribution >= 0.6 is 31.9 Å². The molecule has 0 fully saturated rings. The van der Waals surface area contributed by atoms with Crippen LogP contribution in [0.15, 0.2) is 27.3 Å². The van der Waals surface area contributed by atoms with Crippen LogP contribution in [0.5, 0.6) is 0 Å². The third-order valence-corrected chi connectivity index (χ3v) is 4.14. The number of nitrogens with two attached hydrogens (primary N) is 1. The minimum atomic E-state index is -0.705. The van der Waals surface area contributed by atoms with Crippen molar-refractivity contribution >= 4 is 49.1 Å². The summed E-state index contributed by atoms with van der Waals surface area (Å²) in [5, 5.41) is 2.79. The molecule has 3 N–H and O–H groups in total. The number of halogens is 4.